The smallest absolute Gasteiger partial charge is 0.411 e. The molecule has 0 atom stereocenters. The van der Waals surface area contributed by atoms with Crippen LogP contribution in [-0.2, 0) is 4.74 Å². The number of unbranched alkanes of at least 4 members (excludes halogenated alkanes) is 6. The fraction of sp³-hybridized carbons (Fsp3) is 0.529. The molecule has 1 aromatic carbocycles. The summed E-state index contributed by atoms with van der Waals surface area (Å²) in [5, 5.41) is 21.0. The van der Waals surface area contributed by atoms with Crippen LogP contribution in [0.4, 0.5) is 10.5 Å². The van der Waals surface area contributed by atoms with E-state index < -0.39 is 17.8 Å². The molecule has 23 heavy (non-hydrogen) atoms. The van der Waals surface area contributed by atoms with Gasteiger partial charge in [-0.25, -0.2) is 9.59 Å². The van der Waals surface area contributed by atoms with Crippen molar-refractivity contribution in [3.8, 4) is 5.75 Å². The van der Waals surface area contributed by atoms with Crippen molar-refractivity contribution in [3.05, 3.63) is 23.8 Å². The quantitative estimate of drug-likeness (QED) is 0.438. The van der Waals surface area contributed by atoms with E-state index in [-0.39, 0.29) is 11.3 Å². The zero-order chi connectivity index (χ0) is 17.1. The van der Waals surface area contributed by atoms with Gasteiger partial charge in [0.05, 0.1) is 12.3 Å². The minimum absolute atomic E-state index is 0.0227. The summed E-state index contributed by atoms with van der Waals surface area (Å²) in [6.45, 7) is 2.48. The first kappa shape index (κ1) is 18.8. The number of hydrogen-bond donors (Lipinski definition) is 3. The van der Waals surface area contributed by atoms with Crippen LogP contribution >= 0.6 is 0 Å². The first-order chi connectivity index (χ1) is 11.1. The molecule has 1 aromatic rings. The molecule has 0 bridgehead atoms. The molecule has 0 saturated carbocycles. The molecule has 0 unspecified atom stereocenters. The Bertz CT molecular complexity index is 516. The van der Waals surface area contributed by atoms with E-state index in [4.69, 9.17) is 9.84 Å². The number of amides is 1. The minimum Gasteiger partial charge on any atom is -0.505 e. The second-order valence-corrected chi connectivity index (χ2v) is 5.39. The van der Waals surface area contributed by atoms with Crippen LogP contribution in [-0.4, -0.2) is 28.9 Å². The van der Waals surface area contributed by atoms with Gasteiger partial charge in [-0.1, -0.05) is 51.5 Å². The lowest BCUT2D eigenvalue weighted by atomic mass is 10.1. The van der Waals surface area contributed by atoms with Crippen LogP contribution in [0.25, 0.3) is 0 Å². The van der Waals surface area contributed by atoms with E-state index in [1.54, 1.807) is 0 Å². The highest BCUT2D eigenvalue weighted by atomic mass is 16.5. The Labute approximate surface area is 136 Å². The van der Waals surface area contributed by atoms with Crippen LogP contribution in [0.1, 0.15) is 62.2 Å². The lowest BCUT2D eigenvalue weighted by Crippen LogP contribution is -2.15. The van der Waals surface area contributed by atoms with E-state index in [9.17, 15) is 14.7 Å². The summed E-state index contributed by atoms with van der Waals surface area (Å²) in [5.74, 6) is -1.74. The van der Waals surface area contributed by atoms with Crippen LogP contribution in [0.15, 0.2) is 18.2 Å². The summed E-state index contributed by atoms with van der Waals surface area (Å²) in [4.78, 5) is 22.5. The van der Waals surface area contributed by atoms with E-state index in [0.717, 1.165) is 19.3 Å². The van der Waals surface area contributed by atoms with E-state index in [0.29, 0.717) is 6.61 Å². The number of hydrogen-bond acceptors (Lipinski definition) is 4. The summed E-state index contributed by atoms with van der Waals surface area (Å²) >= 11 is 0. The number of aromatic hydroxyl groups is 1. The number of benzene rings is 1. The van der Waals surface area contributed by atoms with E-state index in [2.05, 4.69) is 12.2 Å². The molecular formula is C17H25NO5. The zero-order valence-electron chi connectivity index (χ0n) is 13.5. The highest BCUT2D eigenvalue weighted by molar-refractivity contribution is 5.96. The summed E-state index contributed by atoms with van der Waals surface area (Å²) in [6.07, 6.45) is 7.17. The van der Waals surface area contributed by atoms with Crippen LogP contribution in [0.3, 0.4) is 0 Å². The summed E-state index contributed by atoms with van der Waals surface area (Å²) in [7, 11) is 0. The molecule has 1 amide bonds. The molecule has 0 radical (unpaired) electrons. The molecule has 0 aromatic heterocycles. The molecule has 0 aliphatic rings. The number of para-hydroxylation sites is 1. The molecular weight excluding hydrogens is 298 g/mol. The highest BCUT2D eigenvalue weighted by Crippen LogP contribution is 2.27. The fourth-order valence-corrected chi connectivity index (χ4v) is 2.19. The number of carboxylic acids is 1. The van der Waals surface area contributed by atoms with Crippen LogP contribution < -0.4 is 5.32 Å². The van der Waals surface area contributed by atoms with Crippen molar-refractivity contribution in [2.45, 2.75) is 51.9 Å². The van der Waals surface area contributed by atoms with Crippen LogP contribution in [0.5, 0.6) is 5.75 Å². The first-order valence-electron chi connectivity index (χ1n) is 8.05. The number of aromatic carboxylic acids is 1. The number of carboxylic acid groups (broad SMARTS) is 1. The normalized spacial score (nSPS) is 10.3. The molecule has 6 nitrogen and oxygen atoms in total. The predicted molar refractivity (Wildman–Crippen MR) is 88.0 cm³/mol. The van der Waals surface area contributed by atoms with E-state index >= 15 is 0 Å². The largest absolute Gasteiger partial charge is 0.505 e. The number of carbonyl (C=O) groups excluding carboxylic acids is 1. The second-order valence-electron chi connectivity index (χ2n) is 5.39. The molecule has 0 aliphatic carbocycles. The van der Waals surface area contributed by atoms with Gasteiger partial charge in [-0.15, -0.1) is 0 Å². The summed E-state index contributed by atoms with van der Waals surface area (Å²) < 4.78 is 5.02. The van der Waals surface area contributed by atoms with E-state index in [1.807, 2.05) is 0 Å². The number of nitrogens with one attached hydrogen (secondary N) is 1. The van der Waals surface area contributed by atoms with Gasteiger partial charge in [0.25, 0.3) is 0 Å². The van der Waals surface area contributed by atoms with Gasteiger partial charge in [0.1, 0.15) is 5.56 Å². The van der Waals surface area contributed by atoms with Gasteiger partial charge in [0.15, 0.2) is 5.75 Å². The van der Waals surface area contributed by atoms with E-state index in [1.165, 1.54) is 43.9 Å². The van der Waals surface area contributed by atoms with Gasteiger partial charge in [-0.2, -0.15) is 0 Å². The molecule has 0 aliphatic heterocycles. The predicted octanol–water partition coefficient (Wildman–Crippen LogP) is 4.39. The number of ether oxygens (including phenoxy) is 1. The van der Waals surface area contributed by atoms with Gasteiger partial charge in [-0.05, 0) is 18.6 Å². The van der Waals surface area contributed by atoms with Crippen molar-refractivity contribution >= 4 is 17.7 Å². The molecule has 3 N–H and O–H groups in total. The Hall–Kier alpha value is -2.24. The van der Waals surface area contributed by atoms with Gasteiger partial charge in [0, 0.05) is 0 Å². The third-order valence-corrected chi connectivity index (χ3v) is 3.48. The molecule has 0 spiro atoms. The average Bonchev–Trinajstić information content (AvgIpc) is 2.51. The Kier molecular flexibility index (Phi) is 8.57. The van der Waals surface area contributed by atoms with Crippen molar-refractivity contribution in [3.63, 3.8) is 0 Å². The van der Waals surface area contributed by atoms with Crippen LogP contribution in [0.2, 0.25) is 0 Å². The minimum atomic E-state index is -1.26. The van der Waals surface area contributed by atoms with Crippen LogP contribution in [0, 0.1) is 0 Å². The number of phenols is 1. The number of rotatable bonds is 10. The topological polar surface area (TPSA) is 95.9 Å². The fourth-order valence-electron chi connectivity index (χ4n) is 2.19. The standard InChI is InChI=1S/C17H25NO5/c1-2-3-4-5-6-7-8-12-23-17(22)18-14-11-9-10-13(15(14)19)16(20)21/h9-11,19H,2-8,12H2,1H3,(H,18,22)(H,20,21). The number of carbonyl (C=O) groups is 2. The maximum atomic E-state index is 11.6. The second kappa shape index (κ2) is 10.5. The lowest BCUT2D eigenvalue weighted by Gasteiger charge is -2.09. The summed E-state index contributed by atoms with van der Waals surface area (Å²) in [6, 6.07) is 4.11. The third-order valence-electron chi connectivity index (χ3n) is 3.48. The van der Waals surface area contributed by atoms with Gasteiger partial charge in [-0.3, -0.25) is 5.32 Å². The molecule has 0 fully saturated rings. The molecule has 6 heteroatoms. The third kappa shape index (κ3) is 7.04. The van der Waals surface area contributed by atoms with Gasteiger partial charge in [0.2, 0.25) is 0 Å². The van der Waals surface area contributed by atoms with Gasteiger partial charge < -0.3 is 14.9 Å². The molecule has 1 rings (SSSR count). The molecule has 0 saturated heterocycles. The van der Waals surface area contributed by atoms with Crippen molar-refractivity contribution in [2.75, 3.05) is 11.9 Å². The van der Waals surface area contributed by atoms with Gasteiger partial charge >= 0.3 is 12.1 Å². The Morgan fingerprint density at radius 2 is 1.74 bits per heavy atom. The van der Waals surface area contributed by atoms with Crippen molar-refractivity contribution in [1.82, 2.24) is 0 Å². The SMILES string of the molecule is CCCCCCCCCOC(=O)Nc1cccc(C(=O)O)c1O. The maximum absolute atomic E-state index is 11.6. The Morgan fingerprint density at radius 3 is 2.39 bits per heavy atom. The molecule has 128 valence electrons. The maximum Gasteiger partial charge on any atom is 0.411 e. The van der Waals surface area contributed by atoms with Crippen molar-refractivity contribution in [2.24, 2.45) is 0 Å². The summed E-state index contributed by atoms with van der Waals surface area (Å²) in [5.41, 5.74) is -0.246. The Balaban J connectivity index is 2.27. The first-order valence-corrected chi connectivity index (χ1v) is 8.05. The molecule has 0 heterocycles. The average molecular weight is 323 g/mol. The zero-order valence-corrected chi connectivity index (χ0v) is 13.5. The Morgan fingerprint density at radius 1 is 1.09 bits per heavy atom. The number of anilines is 1. The highest BCUT2D eigenvalue weighted by Gasteiger charge is 2.14. The van der Waals surface area contributed by atoms with Crippen molar-refractivity contribution < 1.29 is 24.5 Å². The van der Waals surface area contributed by atoms with Crippen molar-refractivity contribution in [1.29, 1.82) is 0 Å². The monoisotopic (exact) mass is 323 g/mol. The lowest BCUT2D eigenvalue weighted by molar-refractivity contribution is 0.0693.